The lowest BCUT2D eigenvalue weighted by atomic mass is 9.98. The van der Waals surface area contributed by atoms with Crippen molar-refractivity contribution >= 4 is 0 Å². The molecular formula is C20H38. The van der Waals surface area contributed by atoms with Gasteiger partial charge in [0.2, 0.25) is 0 Å². The minimum absolute atomic E-state index is 1.24. The smallest absolute Gasteiger partial charge is 0.0283 e. The fourth-order valence-electron chi connectivity index (χ4n) is 2.57. The Morgan fingerprint density at radius 1 is 0.600 bits per heavy atom. The Hall–Kier alpha value is -0.520. The molecular weight excluding hydrogens is 240 g/mol. The van der Waals surface area contributed by atoms with E-state index < -0.39 is 0 Å². The molecule has 0 radical (unpaired) electrons. The van der Waals surface area contributed by atoms with E-state index in [-0.39, 0.29) is 0 Å². The molecule has 0 atom stereocenters. The Morgan fingerprint density at radius 2 is 1.00 bits per heavy atom. The molecule has 20 heavy (non-hydrogen) atoms. The zero-order valence-electron chi connectivity index (χ0n) is 14.6. The quantitative estimate of drug-likeness (QED) is 0.240. The molecule has 0 unspecified atom stereocenters. The van der Waals surface area contributed by atoms with Gasteiger partial charge in [0.05, 0.1) is 0 Å². The maximum atomic E-state index is 2.51. The van der Waals surface area contributed by atoms with Gasteiger partial charge in [-0.3, -0.25) is 0 Å². The topological polar surface area (TPSA) is 0 Å². The van der Waals surface area contributed by atoms with Crippen LogP contribution in [-0.4, -0.2) is 0 Å². The van der Waals surface area contributed by atoms with Crippen molar-refractivity contribution in [3.63, 3.8) is 0 Å². The van der Waals surface area contributed by atoms with Crippen LogP contribution in [0, 0.1) is 0 Å². The van der Waals surface area contributed by atoms with E-state index in [1.165, 1.54) is 77.0 Å². The normalized spacial score (nSPS) is 13.0. The molecule has 0 spiro atoms. The van der Waals surface area contributed by atoms with Gasteiger partial charge in [0.25, 0.3) is 0 Å². The Balaban J connectivity index is 4.03. The Morgan fingerprint density at radius 3 is 1.30 bits per heavy atom. The molecule has 0 aliphatic heterocycles. The third-order valence-electron chi connectivity index (χ3n) is 4.16. The maximum absolute atomic E-state index is 2.51. The summed E-state index contributed by atoms with van der Waals surface area (Å²) in [4.78, 5) is 0. The van der Waals surface area contributed by atoms with Gasteiger partial charge in [0.1, 0.15) is 0 Å². The molecule has 118 valence electrons. The molecule has 0 aromatic rings. The van der Waals surface area contributed by atoms with Gasteiger partial charge < -0.3 is 0 Å². The fraction of sp³-hybridized carbons (Fsp3) is 0.800. The second kappa shape index (κ2) is 14.9. The summed E-state index contributed by atoms with van der Waals surface area (Å²) in [5, 5.41) is 0. The predicted molar refractivity (Wildman–Crippen MR) is 94.3 cm³/mol. The zero-order chi connectivity index (χ0) is 15.1. The van der Waals surface area contributed by atoms with Crippen molar-refractivity contribution in [1.82, 2.24) is 0 Å². The van der Waals surface area contributed by atoms with Crippen LogP contribution in [0.1, 0.15) is 105 Å². The summed E-state index contributed by atoms with van der Waals surface area (Å²) in [5.41, 5.74) is 3.35. The number of hydrogen-bond acceptors (Lipinski definition) is 0. The highest BCUT2D eigenvalue weighted by atomic mass is 14.1. The number of hydrogen-bond donors (Lipinski definition) is 0. The van der Waals surface area contributed by atoms with Gasteiger partial charge in [-0.2, -0.15) is 0 Å². The SMILES string of the molecule is CCCCC/C=C(/CC)CC/C(=C\CCCCC)CC. The lowest BCUT2D eigenvalue weighted by Gasteiger charge is -2.08. The van der Waals surface area contributed by atoms with Crippen LogP contribution in [0.25, 0.3) is 0 Å². The van der Waals surface area contributed by atoms with Gasteiger partial charge in [-0.15, -0.1) is 0 Å². The monoisotopic (exact) mass is 278 g/mol. The van der Waals surface area contributed by atoms with Crippen LogP contribution >= 0.6 is 0 Å². The third-order valence-corrected chi connectivity index (χ3v) is 4.16. The third kappa shape index (κ3) is 11.3. The lowest BCUT2D eigenvalue weighted by Crippen LogP contribution is -1.88. The zero-order valence-corrected chi connectivity index (χ0v) is 14.6. The minimum Gasteiger partial charge on any atom is -0.0853 e. The second-order valence-electron chi connectivity index (χ2n) is 5.92. The average Bonchev–Trinajstić information content (AvgIpc) is 2.48. The van der Waals surface area contributed by atoms with E-state index in [1.807, 2.05) is 0 Å². The number of allylic oxidation sites excluding steroid dienone is 4. The highest BCUT2D eigenvalue weighted by Gasteiger charge is 1.99. The lowest BCUT2D eigenvalue weighted by molar-refractivity contribution is 0.716. The molecule has 0 aliphatic carbocycles. The molecule has 0 aliphatic rings. The summed E-state index contributed by atoms with van der Waals surface area (Å²) in [5.74, 6) is 0. The minimum atomic E-state index is 1.24. The molecule has 0 fully saturated rings. The van der Waals surface area contributed by atoms with E-state index in [0.717, 1.165) is 0 Å². The van der Waals surface area contributed by atoms with Gasteiger partial charge in [0.15, 0.2) is 0 Å². The van der Waals surface area contributed by atoms with Crippen LogP contribution < -0.4 is 0 Å². The summed E-state index contributed by atoms with van der Waals surface area (Å²) in [7, 11) is 0. The first-order valence-electron chi connectivity index (χ1n) is 9.14. The highest BCUT2D eigenvalue weighted by molar-refractivity contribution is 5.08. The van der Waals surface area contributed by atoms with Gasteiger partial charge in [0, 0.05) is 0 Å². The van der Waals surface area contributed by atoms with Crippen molar-refractivity contribution in [3.8, 4) is 0 Å². The van der Waals surface area contributed by atoms with Crippen molar-refractivity contribution in [3.05, 3.63) is 23.3 Å². The van der Waals surface area contributed by atoms with Crippen LogP contribution in [0.3, 0.4) is 0 Å². The summed E-state index contributed by atoms with van der Waals surface area (Å²) < 4.78 is 0. The molecule has 0 N–H and O–H groups in total. The predicted octanol–water partition coefficient (Wildman–Crippen LogP) is 7.60. The summed E-state index contributed by atoms with van der Waals surface area (Å²) >= 11 is 0. The van der Waals surface area contributed by atoms with Gasteiger partial charge in [-0.05, 0) is 51.4 Å². The van der Waals surface area contributed by atoms with Crippen LogP contribution in [0.4, 0.5) is 0 Å². The second-order valence-corrected chi connectivity index (χ2v) is 5.92. The van der Waals surface area contributed by atoms with Gasteiger partial charge >= 0.3 is 0 Å². The van der Waals surface area contributed by atoms with Crippen molar-refractivity contribution in [1.29, 1.82) is 0 Å². The largest absolute Gasteiger partial charge is 0.0853 e. The van der Waals surface area contributed by atoms with Crippen molar-refractivity contribution < 1.29 is 0 Å². The molecule has 0 saturated carbocycles. The highest BCUT2D eigenvalue weighted by Crippen LogP contribution is 2.19. The average molecular weight is 279 g/mol. The van der Waals surface area contributed by atoms with Crippen molar-refractivity contribution in [2.24, 2.45) is 0 Å². The van der Waals surface area contributed by atoms with Crippen molar-refractivity contribution in [2.45, 2.75) is 105 Å². The summed E-state index contributed by atoms with van der Waals surface area (Å²) in [6, 6.07) is 0. The summed E-state index contributed by atoms with van der Waals surface area (Å²) in [6.45, 7) is 9.17. The Bertz CT molecular complexity index is 229. The maximum Gasteiger partial charge on any atom is -0.0283 e. The van der Waals surface area contributed by atoms with Gasteiger partial charge in [-0.1, -0.05) is 76.7 Å². The van der Waals surface area contributed by atoms with Crippen LogP contribution in [0.5, 0.6) is 0 Å². The molecule has 0 rings (SSSR count). The van der Waals surface area contributed by atoms with Crippen LogP contribution in [-0.2, 0) is 0 Å². The molecule has 0 amide bonds. The van der Waals surface area contributed by atoms with Crippen LogP contribution in [0.2, 0.25) is 0 Å². The standard InChI is InChI=1S/C20H38/c1-5-9-11-13-15-19(7-3)17-18-20(8-4)16-14-12-10-6-2/h15-16H,5-14,17-18H2,1-4H3/b19-15-,20-16-. The first kappa shape index (κ1) is 19.5. The molecule has 0 heteroatoms. The molecule has 0 aromatic carbocycles. The molecule has 0 heterocycles. The Kier molecular flexibility index (Phi) is 14.5. The summed E-state index contributed by atoms with van der Waals surface area (Å²) in [6.07, 6.45) is 20.8. The number of unbranched alkanes of at least 4 members (excludes halogenated alkanes) is 6. The molecule has 0 bridgehead atoms. The van der Waals surface area contributed by atoms with Gasteiger partial charge in [-0.25, -0.2) is 0 Å². The fourth-order valence-corrected chi connectivity index (χ4v) is 2.57. The number of rotatable bonds is 13. The molecule has 0 saturated heterocycles. The first-order chi connectivity index (χ1) is 9.78. The van der Waals surface area contributed by atoms with E-state index in [4.69, 9.17) is 0 Å². The molecule has 0 nitrogen and oxygen atoms in total. The van der Waals surface area contributed by atoms with E-state index >= 15 is 0 Å². The van der Waals surface area contributed by atoms with Crippen molar-refractivity contribution in [2.75, 3.05) is 0 Å². The van der Waals surface area contributed by atoms with Crippen LogP contribution in [0.15, 0.2) is 23.3 Å². The van der Waals surface area contributed by atoms with E-state index in [1.54, 1.807) is 11.1 Å². The van der Waals surface area contributed by atoms with E-state index in [2.05, 4.69) is 39.8 Å². The Labute approximate surface area is 128 Å². The van der Waals surface area contributed by atoms with E-state index in [0.29, 0.717) is 0 Å². The van der Waals surface area contributed by atoms with E-state index in [9.17, 15) is 0 Å². The molecule has 0 aromatic heterocycles. The first-order valence-corrected chi connectivity index (χ1v) is 9.14.